The van der Waals surface area contributed by atoms with Gasteiger partial charge in [0.2, 0.25) is 5.91 Å². The quantitative estimate of drug-likeness (QED) is 0.657. The molecule has 6 nitrogen and oxygen atoms in total. The second-order valence-corrected chi connectivity index (χ2v) is 4.96. The smallest absolute Gasteiger partial charge is 0.332 e. The normalized spacial score (nSPS) is 11.7. The maximum Gasteiger partial charge on any atom is 0.332 e. The van der Waals surface area contributed by atoms with E-state index in [0.717, 1.165) is 4.47 Å². The second-order valence-electron chi connectivity index (χ2n) is 4.05. The van der Waals surface area contributed by atoms with Crippen LogP contribution in [0.1, 0.15) is 12.8 Å². The van der Waals surface area contributed by atoms with Gasteiger partial charge in [-0.2, -0.15) is 0 Å². The number of carbonyl (C=O) groups is 2. The highest BCUT2D eigenvalue weighted by Crippen LogP contribution is 2.16. The van der Waals surface area contributed by atoms with Gasteiger partial charge in [-0.3, -0.25) is 4.79 Å². The summed E-state index contributed by atoms with van der Waals surface area (Å²) in [6.07, 6.45) is -1.30. The van der Waals surface area contributed by atoms with Crippen molar-refractivity contribution in [3.8, 4) is 5.75 Å². The number of hydrogen-bond donors (Lipinski definition) is 3. The van der Waals surface area contributed by atoms with Crippen LogP contribution in [0, 0.1) is 0 Å². The maximum absolute atomic E-state index is 11.4. The van der Waals surface area contributed by atoms with Crippen molar-refractivity contribution in [3.05, 3.63) is 28.7 Å². The van der Waals surface area contributed by atoms with Crippen LogP contribution in [-0.4, -0.2) is 41.3 Å². The van der Waals surface area contributed by atoms with Crippen LogP contribution in [-0.2, 0) is 9.59 Å². The van der Waals surface area contributed by atoms with Crippen molar-refractivity contribution < 1.29 is 24.5 Å². The highest BCUT2D eigenvalue weighted by atomic mass is 79.9. The fourth-order valence-corrected chi connectivity index (χ4v) is 1.62. The Morgan fingerprint density at radius 1 is 1.30 bits per heavy atom. The van der Waals surface area contributed by atoms with E-state index in [2.05, 4.69) is 21.2 Å². The largest absolute Gasteiger partial charge is 0.493 e. The first-order valence-corrected chi connectivity index (χ1v) is 6.84. The van der Waals surface area contributed by atoms with Crippen molar-refractivity contribution in [2.75, 3.05) is 13.2 Å². The van der Waals surface area contributed by atoms with Crippen LogP contribution in [0.4, 0.5) is 0 Å². The summed E-state index contributed by atoms with van der Waals surface area (Å²) in [5.41, 5.74) is 0. The lowest BCUT2D eigenvalue weighted by Crippen LogP contribution is -2.30. The number of rotatable bonds is 8. The number of nitrogens with one attached hydrogen (secondary N) is 1. The van der Waals surface area contributed by atoms with Gasteiger partial charge >= 0.3 is 5.97 Å². The molecule has 1 rings (SSSR count). The number of aliphatic carboxylic acids is 1. The van der Waals surface area contributed by atoms with Gasteiger partial charge in [0.1, 0.15) is 5.75 Å². The summed E-state index contributed by atoms with van der Waals surface area (Å²) >= 11 is 3.31. The summed E-state index contributed by atoms with van der Waals surface area (Å²) in [5.74, 6) is -0.875. The first-order chi connectivity index (χ1) is 9.49. The standard InChI is InChI=1S/C13H16BrNO5/c14-9-1-3-10(4-2-9)20-8-6-12(17)15-7-5-11(16)13(18)19/h1-4,11,16H,5-8H2,(H,15,17)(H,18,19). The third kappa shape index (κ3) is 6.53. The van der Waals surface area contributed by atoms with Gasteiger partial charge < -0.3 is 20.3 Å². The minimum absolute atomic E-state index is 0.0192. The summed E-state index contributed by atoms with van der Waals surface area (Å²) in [4.78, 5) is 21.8. The molecule has 0 fully saturated rings. The Kier molecular flexibility index (Phi) is 7.03. The van der Waals surface area contributed by atoms with E-state index < -0.39 is 12.1 Å². The highest BCUT2D eigenvalue weighted by Gasteiger charge is 2.12. The second kappa shape index (κ2) is 8.55. The molecule has 1 aromatic carbocycles. The van der Waals surface area contributed by atoms with E-state index in [-0.39, 0.29) is 31.9 Å². The number of ether oxygens (including phenoxy) is 1. The molecule has 0 radical (unpaired) electrons. The number of carboxylic acid groups (broad SMARTS) is 1. The number of benzene rings is 1. The van der Waals surface area contributed by atoms with E-state index in [0.29, 0.717) is 5.75 Å². The number of carbonyl (C=O) groups excluding carboxylic acids is 1. The zero-order valence-electron chi connectivity index (χ0n) is 10.7. The zero-order valence-corrected chi connectivity index (χ0v) is 12.3. The van der Waals surface area contributed by atoms with Gasteiger partial charge in [0.05, 0.1) is 13.0 Å². The van der Waals surface area contributed by atoms with E-state index in [9.17, 15) is 9.59 Å². The Morgan fingerprint density at radius 2 is 1.95 bits per heavy atom. The SMILES string of the molecule is O=C(CCOc1ccc(Br)cc1)NCCC(O)C(=O)O. The molecule has 0 aliphatic carbocycles. The molecule has 0 aromatic heterocycles. The fraction of sp³-hybridized carbons (Fsp3) is 0.385. The molecule has 0 bridgehead atoms. The lowest BCUT2D eigenvalue weighted by molar-refractivity contribution is -0.147. The average molecular weight is 346 g/mol. The van der Waals surface area contributed by atoms with E-state index in [4.69, 9.17) is 14.9 Å². The zero-order chi connectivity index (χ0) is 15.0. The van der Waals surface area contributed by atoms with Crippen LogP contribution < -0.4 is 10.1 Å². The van der Waals surface area contributed by atoms with Crippen LogP contribution in [0.15, 0.2) is 28.7 Å². The lowest BCUT2D eigenvalue weighted by Gasteiger charge is -2.08. The van der Waals surface area contributed by atoms with Gasteiger partial charge in [-0.05, 0) is 24.3 Å². The Morgan fingerprint density at radius 3 is 2.55 bits per heavy atom. The summed E-state index contributed by atoms with van der Waals surface area (Å²) < 4.78 is 6.32. The summed E-state index contributed by atoms with van der Waals surface area (Å²) in [6, 6.07) is 7.24. The molecule has 0 saturated carbocycles. The number of carboxylic acids is 1. The van der Waals surface area contributed by atoms with Crippen molar-refractivity contribution in [3.63, 3.8) is 0 Å². The third-order valence-electron chi connectivity index (χ3n) is 2.44. The van der Waals surface area contributed by atoms with Gasteiger partial charge in [-0.1, -0.05) is 15.9 Å². The molecule has 0 aliphatic heterocycles. The summed E-state index contributed by atoms with van der Waals surface area (Å²) in [6.45, 7) is 0.347. The predicted molar refractivity (Wildman–Crippen MR) is 75.5 cm³/mol. The van der Waals surface area contributed by atoms with Gasteiger partial charge in [0, 0.05) is 17.4 Å². The average Bonchev–Trinajstić information content (AvgIpc) is 2.40. The van der Waals surface area contributed by atoms with Crippen molar-refractivity contribution in [1.82, 2.24) is 5.32 Å². The predicted octanol–water partition coefficient (Wildman–Crippen LogP) is 1.17. The molecule has 0 aliphatic rings. The van der Waals surface area contributed by atoms with E-state index in [1.165, 1.54) is 0 Å². The van der Waals surface area contributed by atoms with E-state index >= 15 is 0 Å². The molecule has 1 atom stereocenters. The van der Waals surface area contributed by atoms with Crippen LogP contribution >= 0.6 is 15.9 Å². The maximum atomic E-state index is 11.4. The lowest BCUT2D eigenvalue weighted by atomic mass is 10.2. The van der Waals surface area contributed by atoms with Gasteiger partial charge in [0.25, 0.3) is 0 Å². The Bertz CT molecular complexity index is 449. The van der Waals surface area contributed by atoms with Crippen molar-refractivity contribution >= 4 is 27.8 Å². The van der Waals surface area contributed by atoms with Gasteiger partial charge in [-0.15, -0.1) is 0 Å². The van der Waals surface area contributed by atoms with Gasteiger partial charge in [0.15, 0.2) is 6.10 Å². The molecule has 1 amide bonds. The van der Waals surface area contributed by atoms with Crippen LogP contribution in [0.5, 0.6) is 5.75 Å². The Balaban J connectivity index is 2.14. The number of halogens is 1. The number of amides is 1. The monoisotopic (exact) mass is 345 g/mol. The first-order valence-electron chi connectivity index (χ1n) is 6.05. The van der Waals surface area contributed by atoms with E-state index in [1.807, 2.05) is 12.1 Å². The first kappa shape index (κ1) is 16.5. The summed E-state index contributed by atoms with van der Waals surface area (Å²) in [5, 5.41) is 20.0. The van der Waals surface area contributed by atoms with E-state index in [1.54, 1.807) is 12.1 Å². The van der Waals surface area contributed by atoms with Crippen LogP contribution in [0.2, 0.25) is 0 Å². The highest BCUT2D eigenvalue weighted by molar-refractivity contribution is 9.10. The van der Waals surface area contributed by atoms with Crippen molar-refractivity contribution in [2.24, 2.45) is 0 Å². The van der Waals surface area contributed by atoms with Crippen molar-refractivity contribution in [2.45, 2.75) is 18.9 Å². The summed E-state index contributed by atoms with van der Waals surface area (Å²) in [7, 11) is 0. The molecular weight excluding hydrogens is 330 g/mol. The molecular formula is C13H16BrNO5. The third-order valence-corrected chi connectivity index (χ3v) is 2.97. The molecule has 1 unspecified atom stereocenters. The molecule has 110 valence electrons. The Hall–Kier alpha value is -1.60. The minimum Gasteiger partial charge on any atom is -0.493 e. The molecule has 3 N–H and O–H groups in total. The topological polar surface area (TPSA) is 95.9 Å². The van der Waals surface area contributed by atoms with Crippen LogP contribution in [0.3, 0.4) is 0 Å². The number of hydrogen-bond acceptors (Lipinski definition) is 4. The number of aliphatic hydroxyl groups is 1. The van der Waals surface area contributed by atoms with Gasteiger partial charge in [-0.25, -0.2) is 4.79 Å². The molecule has 1 aromatic rings. The Labute approximate surface area is 124 Å². The minimum atomic E-state index is -1.45. The fourth-order valence-electron chi connectivity index (χ4n) is 1.35. The molecule has 0 spiro atoms. The molecule has 0 heterocycles. The van der Waals surface area contributed by atoms with Crippen LogP contribution in [0.25, 0.3) is 0 Å². The van der Waals surface area contributed by atoms with Crippen molar-refractivity contribution in [1.29, 1.82) is 0 Å². The molecule has 0 saturated heterocycles. The molecule has 7 heteroatoms. The molecule has 20 heavy (non-hydrogen) atoms. The number of aliphatic hydroxyl groups excluding tert-OH is 1.